The molecule has 30 heavy (non-hydrogen) atoms. The summed E-state index contributed by atoms with van der Waals surface area (Å²) < 4.78 is 5.26. The summed E-state index contributed by atoms with van der Waals surface area (Å²) >= 11 is 0. The van der Waals surface area contributed by atoms with Crippen molar-refractivity contribution in [3.05, 3.63) is 65.2 Å². The first kappa shape index (κ1) is 20.5. The van der Waals surface area contributed by atoms with Gasteiger partial charge in [0.1, 0.15) is 5.75 Å². The van der Waals surface area contributed by atoms with Crippen molar-refractivity contribution in [3.63, 3.8) is 0 Å². The third kappa shape index (κ3) is 4.07. The van der Waals surface area contributed by atoms with Gasteiger partial charge in [0.2, 0.25) is 5.91 Å². The summed E-state index contributed by atoms with van der Waals surface area (Å²) in [6.45, 7) is 4.07. The molecule has 2 aromatic rings. The normalized spacial score (nSPS) is 19.7. The van der Waals surface area contributed by atoms with E-state index in [0.717, 1.165) is 49.1 Å². The largest absolute Gasteiger partial charge is 0.497 e. The number of methoxy groups -OCH3 is 1. The number of nitrogens with zero attached hydrogens (tertiary/aromatic N) is 2. The zero-order chi connectivity index (χ0) is 21.1. The molecule has 0 saturated carbocycles. The minimum absolute atomic E-state index is 0.00442. The highest BCUT2D eigenvalue weighted by Gasteiger charge is 2.36. The van der Waals surface area contributed by atoms with Crippen LogP contribution in [-0.2, 0) is 4.79 Å². The summed E-state index contributed by atoms with van der Waals surface area (Å²) in [5, 5.41) is 0. The molecule has 0 radical (unpaired) electrons. The van der Waals surface area contributed by atoms with E-state index >= 15 is 0 Å². The fourth-order valence-corrected chi connectivity index (χ4v) is 4.75. The van der Waals surface area contributed by atoms with Crippen LogP contribution in [0, 0.1) is 12.8 Å². The van der Waals surface area contributed by atoms with Gasteiger partial charge in [0.15, 0.2) is 0 Å². The topological polar surface area (TPSA) is 49.9 Å². The number of ether oxygens (including phenoxy) is 1. The summed E-state index contributed by atoms with van der Waals surface area (Å²) in [4.78, 5) is 30.1. The molecular formula is C25H30N2O3. The molecule has 0 bridgehead atoms. The lowest BCUT2D eigenvalue weighted by atomic mass is 9.93. The Morgan fingerprint density at radius 1 is 0.933 bits per heavy atom. The smallest absolute Gasteiger partial charge is 0.254 e. The molecule has 2 aliphatic rings. The Hall–Kier alpha value is -2.82. The van der Waals surface area contributed by atoms with Crippen molar-refractivity contribution in [1.29, 1.82) is 0 Å². The highest BCUT2D eigenvalue weighted by Crippen LogP contribution is 2.35. The minimum Gasteiger partial charge on any atom is -0.497 e. The van der Waals surface area contributed by atoms with Crippen LogP contribution >= 0.6 is 0 Å². The van der Waals surface area contributed by atoms with E-state index in [1.54, 1.807) is 7.11 Å². The van der Waals surface area contributed by atoms with Crippen molar-refractivity contribution in [2.24, 2.45) is 5.92 Å². The van der Waals surface area contributed by atoms with Gasteiger partial charge in [-0.05, 0) is 61.9 Å². The number of hydrogen-bond donors (Lipinski definition) is 0. The van der Waals surface area contributed by atoms with Gasteiger partial charge in [-0.1, -0.05) is 30.3 Å². The molecule has 0 aliphatic carbocycles. The maximum Gasteiger partial charge on any atom is 0.254 e. The first-order valence-electron chi connectivity index (χ1n) is 10.9. The predicted molar refractivity (Wildman–Crippen MR) is 116 cm³/mol. The first-order chi connectivity index (χ1) is 14.6. The zero-order valence-corrected chi connectivity index (χ0v) is 17.8. The van der Waals surface area contributed by atoms with Gasteiger partial charge in [0, 0.05) is 31.1 Å². The maximum absolute atomic E-state index is 13.3. The Balaban J connectivity index is 1.38. The minimum atomic E-state index is 0.00442. The second-order valence-corrected chi connectivity index (χ2v) is 8.34. The summed E-state index contributed by atoms with van der Waals surface area (Å²) in [5.74, 6) is 1.16. The molecule has 2 aromatic carbocycles. The Bertz CT molecular complexity index is 901. The Morgan fingerprint density at radius 3 is 2.30 bits per heavy atom. The first-order valence-corrected chi connectivity index (χ1v) is 10.9. The van der Waals surface area contributed by atoms with Crippen LogP contribution in [0.1, 0.15) is 53.2 Å². The number of benzene rings is 2. The highest BCUT2D eigenvalue weighted by atomic mass is 16.5. The summed E-state index contributed by atoms with van der Waals surface area (Å²) in [6.07, 6.45) is 3.51. The second-order valence-electron chi connectivity index (χ2n) is 8.34. The molecule has 1 unspecified atom stereocenters. The lowest BCUT2D eigenvalue weighted by Gasteiger charge is -2.35. The van der Waals surface area contributed by atoms with E-state index in [4.69, 9.17) is 4.74 Å². The average molecular weight is 407 g/mol. The molecule has 2 fully saturated rings. The van der Waals surface area contributed by atoms with E-state index < -0.39 is 0 Å². The molecule has 2 aliphatic heterocycles. The summed E-state index contributed by atoms with van der Waals surface area (Å²) in [6, 6.07) is 15.9. The molecule has 0 N–H and O–H groups in total. The van der Waals surface area contributed by atoms with Crippen LogP contribution in [0.15, 0.2) is 48.5 Å². The van der Waals surface area contributed by atoms with Gasteiger partial charge in [-0.2, -0.15) is 0 Å². The number of piperidine rings is 1. The van der Waals surface area contributed by atoms with Crippen LogP contribution in [0.4, 0.5) is 0 Å². The quantitative estimate of drug-likeness (QED) is 0.764. The van der Waals surface area contributed by atoms with Gasteiger partial charge in [-0.25, -0.2) is 0 Å². The third-order valence-electron chi connectivity index (χ3n) is 6.54. The third-order valence-corrected chi connectivity index (χ3v) is 6.54. The van der Waals surface area contributed by atoms with Gasteiger partial charge in [-0.15, -0.1) is 0 Å². The molecular weight excluding hydrogens is 376 g/mol. The SMILES string of the molecule is COc1ccc(C2CCCN2C(=O)C2CCN(C(=O)c3ccccc3C)CC2)cc1. The number of hydrogen-bond acceptors (Lipinski definition) is 3. The molecule has 5 heteroatoms. The molecule has 2 amide bonds. The molecule has 0 aromatic heterocycles. The Kier molecular flexibility index (Phi) is 6.07. The van der Waals surface area contributed by atoms with Crippen LogP contribution in [-0.4, -0.2) is 48.4 Å². The fraction of sp³-hybridized carbons (Fsp3) is 0.440. The van der Waals surface area contributed by atoms with Crippen molar-refractivity contribution in [3.8, 4) is 5.75 Å². The van der Waals surface area contributed by atoms with Crippen molar-refractivity contribution in [1.82, 2.24) is 9.80 Å². The number of aryl methyl sites for hydroxylation is 1. The lowest BCUT2D eigenvalue weighted by molar-refractivity contribution is -0.137. The van der Waals surface area contributed by atoms with Gasteiger partial charge in [-0.3, -0.25) is 9.59 Å². The van der Waals surface area contributed by atoms with E-state index in [9.17, 15) is 9.59 Å². The Morgan fingerprint density at radius 2 is 1.63 bits per heavy atom. The van der Waals surface area contributed by atoms with Crippen molar-refractivity contribution in [2.45, 2.75) is 38.6 Å². The second kappa shape index (κ2) is 8.90. The zero-order valence-electron chi connectivity index (χ0n) is 17.8. The van der Waals surface area contributed by atoms with Crippen molar-refractivity contribution >= 4 is 11.8 Å². The van der Waals surface area contributed by atoms with Crippen molar-refractivity contribution < 1.29 is 14.3 Å². The molecule has 1 atom stereocenters. The summed E-state index contributed by atoms with van der Waals surface area (Å²) in [5.41, 5.74) is 2.94. The fourth-order valence-electron chi connectivity index (χ4n) is 4.75. The number of carbonyl (C=O) groups excluding carboxylic acids is 2. The van der Waals surface area contributed by atoms with E-state index in [0.29, 0.717) is 13.1 Å². The number of carbonyl (C=O) groups is 2. The molecule has 4 rings (SSSR count). The van der Waals surface area contributed by atoms with E-state index in [1.165, 1.54) is 5.56 Å². The standard InChI is InChI=1S/C25H30N2O3/c1-18-6-3-4-7-22(18)25(29)26-16-13-20(14-17-26)24(28)27-15-5-8-23(27)19-9-11-21(30-2)12-10-19/h3-4,6-7,9-12,20,23H,5,8,13-17H2,1-2H3. The van der Waals surface area contributed by atoms with E-state index in [-0.39, 0.29) is 23.8 Å². The van der Waals surface area contributed by atoms with Gasteiger partial charge < -0.3 is 14.5 Å². The molecule has 2 saturated heterocycles. The number of likely N-dealkylation sites (tertiary alicyclic amines) is 2. The van der Waals surface area contributed by atoms with Gasteiger partial charge in [0.05, 0.1) is 13.2 Å². The van der Waals surface area contributed by atoms with Crippen LogP contribution in [0.25, 0.3) is 0 Å². The number of rotatable bonds is 4. The van der Waals surface area contributed by atoms with Crippen LogP contribution < -0.4 is 4.74 Å². The van der Waals surface area contributed by atoms with Crippen LogP contribution in [0.5, 0.6) is 5.75 Å². The van der Waals surface area contributed by atoms with Gasteiger partial charge in [0.25, 0.3) is 5.91 Å². The van der Waals surface area contributed by atoms with Crippen LogP contribution in [0.2, 0.25) is 0 Å². The average Bonchev–Trinajstić information content (AvgIpc) is 3.28. The highest BCUT2D eigenvalue weighted by molar-refractivity contribution is 5.95. The molecule has 158 valence electrons. The number of amides is 2. The van der Waals surface area contributed by atoms with Crippen LogP contribution in [0.3, 0.4) is 0 Å². The molecule has 0 spiro atoms. The maximum atomic E-state index is 13.3. The lowest BCUT2D eigenvalue weighted by Crippen LogP contribution is -2.44. The van der Waals surface area contributed by atoms with Crippen molar-refractivity contribution in [2.75, 3.05) is 26.7 Å². The van der Waals surface area contributed by atoms with E-state index in [1.807, 2.05) is 48.2 Å². The van der Waals surface area contributed by atoms with Gasteiger partial charge >= 0.3 is 0 Å². The Labute approximate surface area is 178 Å². The monoisotopic (exact) mass is 406 g/mol. The van der Waals surface area contributed by atoms with E-state index in [2.05, 4.69) is 17.0 Å². The summed E-state index contributed by atoms with van der Waals surface area (Å²) in [7, 11) is 1.66. The molecule has 2 heterocycles. The molecule has 5 nitrogen and oxygen atoms in total. The predicted octanol–water partition coefficient (Wildman–Crippen LogP) is 4.22.